The number of ether oxygens (including phenoxy) is 2. The molecule has 0 saturated carbocycles. The first-order chi connectivity index (χ1) is 14.1. The van der Waals surface area contributed by atoms with Crippen molar-refractivity contribution in [1.82, 2.24) is 10.2 Å². The Morgan fingerprint density at radius 3 is 2.28 bits per heavy atom. The van der Waals surface area contributed by atoms with Crippen molar-refractivity contribution in [2.45, 2.75) is 38.3 Å². The van der Waals surface area contributed by atoms with Gasteiger partial charge < -0.3 is 14.8 Å². The van der Waals surface area contributed by atoms with Crippen LogP contribution in [-0.4, -0.2) is 43.7 Å². The molecule has 1 N–H and O–H groups in total. The first-order valence-corrected chi connectivity index (χ1v) is 10.1. The van der Waals surface area contributed by atoms with E-state index in [9.17, 15) is 9.18 Å². The topological polar surface area (TPSA) is 50.8 Å². The molecule has 1 amide bonds. The standard InChI is InChI=1S/C23H29FN2O3/c1-17(29-21-12-8-19(24)9-13-21)23(27)25-16-22(26-14-4-3-5-15-26)18-6-10-20(28-2)11-7-18/h6-13,17,22H,3-5,14-16H2,1-2H3,(H,25,27). The lowest BCUT2D eigenvalue weighted by molar-refractivity contribution is -0.127. The van der Waals surface area contributed by atoms with Crippen molar-refractivity contribution in [3.63, 3.8) is 0 Å². The van der Waals surface area contributed by atoms with Gasteiger partial charge in [-0.1, -0.05) is 18.6 Å². The molecular formula is C23H29FN2O3. The lowest BCUT2D eigenvalue weighted by Crippen LogP contribution is -2.43. The van der Waals surface area contributed by atoms with Gasteiger partial charge in [-0.25, -0.2) is 4.39 Å². The van der Waals surface area contributed by atoms with Gasteiger partial charge in [0, 0.05) is 6.54 Å². The summed E-state index contributed by atoms with van der Waals surface area (Å²) >= 11 is 0. The summed E-state index contributed by atoms with van der Waals surface area (Å²) in [5.74, 6) is 0.761. The Hall–Kier alpha value is -2.60. The predicted octanol–water partition coefficient (Wildman–Crippen LogP) is 3.95. The number of hydrogen-bond acceptors (Lipinski definition) is 4. The molecule has 3 rings (SSSR count). The predicted molar refractivity (Wildman–Crippen MR) is 111 cm³/mol. The molecule has 1 fully saturated rings. The molecule has 2 atom stereocenters. The summed E-state index contributed by atoms with van der Waals surface area (Å²) in [6, 6.07) is 13.8. The fourth-order valence-corrected chi connectivity index (χ4v) is 3.63. The summed E-state index contributed by atoms with van der Waals surface area (Å²) in [5, 5.41) is 3.03. The van der Waals surface area contributed by atoms with E-state index in [0.717, 1.165) is 24.4 Å². The highest BCUT2D eigenvalue weighted by Gasteiger charge is 2.24. The van der Waals surface area contributed by atoms with Gasteiger partial charge in [-0.2, -0.15) is 0 Å². The van der Waals surface area contributed by atoms with Crippen molar-refractivity contribution < 1.29 is 18.7 Å². The number of carbonyl (C=O) groups excluding carboxylic acids is 1. The van der Waals surface area contributed by atoms with Crippen molar-refractivity contribution in [3.8, 4) is 11.5 Å². The summed E-state index contributed by atoms with van der Waals surface area (Å²) in [5.41, 5.74) is 1.15. The zero-order chi connectivity index (χ0) is 20.6. The van der Waals surface area contributed by atoms with Crippen molar-refractivity contribution >= 4 is 5.91 Å². The van der Waals surface area contributed by atoms with Crippen LogP contribution in [0.2, 0.25) is 0 Å². The van der Waals surface area contributed by atoms with Crippen LogP contribution in [-0.2, 0) is 4.79 Å². The van der Waals surface area contributed by atoms with E-state index in [2.05, 4.69) is 22.3 Å². The Bertz CT molecular complexity index is 774. The number of benzene rings is 2. The van der Waals surface area contributed by atoms with E-state index in [0.29, 0.717) is 12.3 Å². The van der Waals surface area contributed by atoms with Gasteiger partial charge in [0.15, 0.2) is 6.10 Å². The second-order valence-electron chi connectivity index (χ2n) is 7.34. The van der Waals surface area contributed by atoms with Crippen molar-refractivity contribution in [2.24, 2.45) is 0 Å². The van der Waals surface area contributed by atoms with Gasteiger partial charge in [0.1, 0.15) is 17.3 Å². The van der Waals surface area contributed by atoms with E-state index in [1.54, 1.807) is 14.0 Å². The molecule has 156 valence electrons. The first-order valence-electron chi connectivity index (χ1n) is 10.1. The number of amides is 1. The molecular weight excluding hydrogens is 371 g/mol. The zero-order valence-corrected chi connectivity index (χ0v) is 17.1. The van der Waals surface area contributed by atoms with Crippen molar-refractivity contribution in [3.05, 3.63) is 59.9 Å². The minimum atomic E-state index is -0.668. The van der Waals surface area contributed by atoms with Crippen molar-refractivity contribution in [2.75, 3.05) is 26.7 Å². The Balaban J connectivity index is 1.63. The number of piperidine rings is 1. The van der Waals surface area contributed by atoms with E-state index in [1.807, 2.05) is 12.1 Å². The quantitative estimate of drug-likeness (QED) is 0.729. The Morgan fingerprint density at radius 1 is 1.03 bits per heavy atom. The van der Waals surface area contributed by atoms with Crippen LogP contribution in [0.25, 0.3) is 0 Å². The number of likely N-dealkylation sites (tertiary alicyclic amines) is 1. The van der Waals surface area contributed by atoms with Crippen LogP contribution in [0.15, 0.2) is 48.5 Å². The van der Waals surface area contributed by atoms with Gasteiger partial charge in [-0.15, -0.1) is 0 Å². The lowest BCUT2D eigenvalue weighted by atomic mass is 10.0. The van der Waals surface area contributed by atoms with Crippen LogP contribution in [0.5, 0.6) is 11.5 Å². The Kier molecular flexibility index (Phi) is 7.47. The molecule has 29 heavy (non-hydrogen) atoms. The van der Waals surface area contributed by atoms with Crippen LogP contribution in [0.1, 0.15) is 37.8 Å². The van der Waals surface area contributed by atoms with Crippen LogP contribution >= 0.6 is 0 Å². The lowest BCUT2D eigenvalue weighted by Gasteiger charge is -2.35. The normalized spacial score (nSPS) is 16.7. The van der Waals surface area contributed by atoms with Gasteiger partial charge in [0.25, 0.3) is 5.91 Å². The molecule has 2 unspecified atom stereocenters. The molecule has 5 nitrogen and oxygen atoms in total. The molecule has 0 radical (unpaired) electrons. The van der Waals surface area contributed by atoms with E-state index in [4.69, 9.17) is 9.47 Å². The molecule has 1 saturated heterocycles. The van der Waals surface area contributed by atoms with Crippen LogP contribution in [0.4, 0.5) is 4.39 Å². The number of halogens is 1. The highest BCUT2D eigenvalue weighted by molar-refractivity contribution is 5.80. The second-order valence-corrected chi connectivity index (χ2v) is 7.34. The highest BCUT2D eigenvalue weighted by atomic mass is 19.1. The smallest absolute Gasteiger partial charge is 0.260 e. The summed E-state index contributed by atoms with van der Waals surface area (Å²) in [4.78, 5) is 15.0. The number of hydrogen-bond donors (Lipinski definition) is 1. The molecule has 6 heteroatoms. The third-order valence-electron chi connectivity index (χ3n) is 5.30. The minimum absolute atomic E-state index is 0.100. The summed E-state index contributed by atoms with van der Waals surface area (Å²) in [7, 11) is 1.65. The van der Waals surface area contributed by atoms with E-state index in [1.165, 1.54) is 43.5 Å². The largest absolute Gasteiger partial charge is 0.497 e. The Morgan fingerprint density at radius 2 is 1.66 bits per heavy atom. The molecule has 1 heterocycles. The van der Waals surface area contributed by atoms with E-state index < -0.39 is 6.10 Å². The maximum atomic E-state index is 13.0. The number of methoxy groups -OCH3 is 1. The zero-order valence-electron chi connectivity index (χ0n) is 17.1. The molecule has 0 aromatic heterocycles. The third-order valence-corrected chi connectivity index (χ3v) is 5.30. The number of nitrogens with one attached hydrogen (secondary N) is 1. The Labute approximate surface area is 171 Å². The van der Waals surface area contributed by atoms with Gasteiger partial charge in [-0.3, -0.25) is 9.69 Å². The molecule has 0 bridgehead atoms. The molecule has 2 aromatic carbocycles. The fourth-order valence-electron chi connectivity index (χ4n) is 3.63. The minimum Gasteiger partial charge on any atom is -0.497 e. The number of nitrogens with zero attached hydrogens (tertiary/aromatic N) is 1. The van der Waals surface area contributed by atoms with E-state index >= 15 is 0 Å². The first kappa shape index (κ1) is 21.1. The number of carbonyl (C=O) groups is 1. The molecule has 0 spiro atoms. The van der Waals surface area contributed by atoms with Gasteiger partial charge >= 0.3 is 0 Å². The third kappa shape index (κ3) is 5.94. The summed E-state index contributed by atoms with van der Waals surface area (Å²) in [6.45, 7) is 4.24. The molecule has 2 aromatic rings. The molecule has 0 aliphatic carbocycles. The number of rotatable bonds is 8. The SMILES string of the molecule is COc1ccc(C(CNC(=O)C(C)Oc2ccc(F)cc2)N2CCCCC2)cc1. The molecule has 1 aliphatic rings. The average molecular weight is 400 g/mol. The maximum absolute atomic E-state index is 13.0. The van der Waals surface area contributed by atoms with Crippen LogP contribution < -0.4 is 14.8 Å². The summed E-state index contributed by atoms with van der Waals surface area (Å²) in [6.07, 6.45) is 2.93. The monoisotopic (exact) mass is 400 g/mol. The van der Waals surface area contributed by atoms with Gasteiger partial charge in [-0.05, 0) is 74.8 Å². The maximum Gasteiger partial charge on any atom is 0.260 e. The van der Waals surface area contributed by atoms with Crippen LogP contribution in [0, 0.1) is 5.82 Å². The second kappa shape index (κ2) is 10.3. The van der Waals surface area contributed by atoms with E-state index in [-0.39, 0.29) is 17.8 Å². The van der Waals surface area contributed by atoms with Gasteiger partial charge in [0.2, 0.25) is 0 Å². The van der Waals surface area contributed by atoms with Crippen molar-refractivity contribution in [1.29, 1.82) is 0 Å². The highest BCUT2D eigenvalue weighted by Crippen LogP contribution is 2.26. The van der Waals surface area contributed by atoms with Gasteiger partial charge in [0.05, 0.1) is 13.2 Å². The van der Waals surface area contributed by atoms with Crippen LogP contribution in [0.3, 0.4) is 0 Å². The average Bonchev–Trinajstić information content (AvgIpc) is 2.76. The summed E-state index contributed by atoms with van der Waals surface area (Å²) < 4.78 is 23.9. The fraction of sp³-hybridized carbons (Fsp3) is 0.435. The molecule has 1 aliphatic heterocycles.